The molecule has 5 nitrogen and oxygen atoms in total. The maximum atomic E-state index is 13.8. The molecule has 5 rings (SSSR count). The van der Waals surface area contributed by atoms with Crippen LogP contribution in [0.4, 0.5) is 29.2 Å². The van der Waals surface area contributed by atoms with Crippen LogP contribution in [0.5, 0.6) is 0 Å². The zero-order valence-electron chi connectivity index (χ0n) is 26.4. The van der Waals surface area contributed by atoms with Gasteiger partial charge in [-0.15, -0.1) is 0 Å². The van der Waals surface area contributed by atoms with E-state index in [1.807, 2.05) is 6.92 Å². The fraction of sp³-hybridized carbons (Fsp3) is 0.486. The lowest BCUT2D eigenvalue weighted by Crippen LogP contribution is -2.43. The lowest BCUT2D eigenvalue weighted by molar-refractivity contribution is -0.137. The fourth-order valence-corrected chi connectivity index (χ4v) is 5.69. The van der Waals surface area contributed by atoms with Crippen molar-refractivity contribution in [2.45, 2.75) is 72.0 Å². The number of hydrogen-bond donors (Lipinski definition) is 1. The van der Waals surface area contributed by atoms with Crippen molar-refractivity contribution in [2.24, 2.45) is 5.92 Å². The van der Waals surface area contributed by atoms with Crippen molar-refractivity contribution in [1.29, 1.82) is 0 Å². The van der Waals surface area contributed by atoms with Crippen LogP contribution in [-0.2, 0) is 12.7 Å². The SMILES string of the molecule is CC/C=C(/c1ccc(CN2CCN(C)CC2)cc1)c1cnc(Nc2cc(F)cc(C(F)(F)F)c2)nc1C.CC1CCCCC1. The van der Waals surface area contributed by atoms with Crippen molar-refractivity contribution >= 4 is 17.2 Å². The standard InChI is InChI=1S/C28H31F4N5.C7H14/c1-4-5-25(21-8-6-20(7-9-21)18-37-12-10-36(3)11-13-37)26-17-33-27(34-19(26)2)35-24-15-22(28(30,31)32)14-23(29)16-24;1-7-5-3-2-4-6-7/h5-9,14-17H,4,10-13,18H2,1-3H3,(H,33,34,35);7H,2-6H2,1H3/b25-5-;. The van der Waals surface area contributed by atoms with Crippen LogP contribution in [0.25, 0.3) is 5.57 Å². The van der Waals surface area contributed by atoms with Gasteiger partial charge >= 0.3 is 6.18 Å². The fourth-order valence-electron chi connectivity index (χ4n) is 5.69. The van der Waals surface area contributed by atoms with Crippen LogP contribution in [0.2, 0.25) is 0 Å². The van der Waals surface area contributed by atoms with Crippen molar-refractivity contribution in [2.75, 3.05) is 38.5 Å². The van der Waals surface area contributed by atoms with E-state index in [4.69, 9.17) is 0 Å². The summed E-state index contributed by atoms with van der Waals surface area (Å²) in [7, 11) is 2.15. The third-order valence-electron chi connectivity index (χ3n) is 8.32. The van der Waals surface area contributed by atoms with Gasteiger partial charge < -0.3 is 10.2 Å². The highest BCUT2D eigenvalue weighted by atomic mass is 19.4. The Morgan fingerprint density at radius 3 is 2.25 bits per heavy atom. The highest BCUT2D eigenvalue weighted by Gasteiger charge is 2.31. The summed E-state index contributed by atoms with van der Waals surface area (Å²) in [6.45, 7) is 11.4. The number of alkyl halides is 3. The highest BCUT2D eigenvalue weighted by Crippen LogP contribution is 2.33. The van der Waals surface area contributed by atoms with Crippen molar-refractivity contribution in [3.05, 3.63) is 88.5 Å². The second-order valence-corrected chi connectivity index (χ2v) is 12.1. The molecule has 2 aliphatic rings. The van der Waals surface area contributed by atoms with E-state index in [2.05, 4.69) is 76.3 Å². The Morgan fingerprint density at radius 2 is 1.68 bits per heavy atom. The van der Waals surface area contributed by atoms with Crippen LogP contribution >= 0.6 is 0 Å². The Morgan fingerprint density at radius 1 is 1.00 bits per heavy atom. The molecule has 44 heavy (non-hydrogen) atoms. The summed E-state index contributed by atoms with van der Waals surface area (Å²) in [4.78, 5) is 13.5. The third kappa shape index (κ3) is 9.86. The molecule has 0 amide bonds. The highest BCUT2D eigenvalue weighted by molar-refractivity contribution is 5.80. The Labute approximate surface area is 259 Å². The van der Waals surface area contributed by atoms with Gasteiger partial charge in [-0.25, -0.2) is 14.4 Å². The molecular weight excluding hydrogens is 566 g/mol. The first-order valence-electron chi connectivity index (χ1n) is 15.7. The van der Waals surface area contributed by atoms with Crippen LogP contribution in [0.15, 0.2) is 54.7 Å². The predicted molar refractivity (Wildman–Crippen MR) is 170 cm³/mol. The maximum Gasteiger partial charge on any atom is 0.416 e. The zero-order valence-corrected chi connectivity index (χ0v) is 26.4. The molecule has 2 fully saturated rings. The van der Waals surface area contributed by atoms with Gasteiger partial charge in [0.05, 0.1) is 11.3 Å². The molecule has 2 aromatic carbocycles. The number of hydrogen-bond acceptors (Lipinski definition) is 5. The van der Waals surface area contributed by atoms with Gasteiger partial charge in [-0.3, -0.25) is 4.90 Å². The number of piperazine rings is 1. The number of nitrogens with one attached hydrogen (secondary N) is 1. The third-order valence-corrected chi connectivity index (χ3v) is 8.32. The van der Waals surface area contributed by atoms with Crippen LogP contribution in [0, 0.1) is 18.7 Å². The number of aromatic nitrogens is 2. The number of likely N-dealkylation sites (N-methyl/N-ethyl adjacent to an activating group) is 1. The number of halogens is 4. The molecule has 0 bridgehead atoms. The minimum absolute atomic E-state index is 0.0697. The van der Waals surface area contributed by atoms with E-state index in [9.17, 15) is 17.6 Å². The molecule has 1 aliphatic heterocycles. The van der Waals surface area contributed by atoms with Crippen LogP contribution < -0.4 is 5.32 Å². The molecule has 0 atom stereocenters. The van der Waals surface area contributed by atoms with Gasteiger partial charge in [-0.2, -0.15) is 13.2 Å². The van der Waals surface area contributed by atoms with E-state index in [0.29, 0.717) is 11.8 Å². The Hall–Kier alpha value is -3.30. The second-order valence-electron chi connectivity index (χ2n) is 12.1. The molecule has 0 spiro atoms. The van der Waals surface area contributed by atoms with Gasteiger partial charge in [0.25, 0.3) is 0 Å². The minimum atomic E-state index is -4.65. The summed E-state index contributed by atoms with van der Waals surface area (Å²) in [5, 5.41) is 2.70. The van der Waals surface area contributed by atoms with E-state index >= 15 is 0 Å². The molecule has 1 aliphatic carbocycles. The maximum absolute atomic E-state index is 13.8. The Bertz CT molecular complexity index is 1370. The molecule has 2 heterocycles. The summed E-state index contributed by atoms with van der Waals surface area (Å²) >= 11 is 0. The molecule has 3 aromatic rings. The Balaban J connectivity index is 0.000000555. The molecule has 1 saturated carbocycles. The second kappa shape index (κ2) is 15.6. The molecule has 0 unspecified atom stereocenters. The van der Waals surface area contributed by atoms with Gasteiger partial charge in [0.15, 0.2) is 0 Å². The molecule has 1 N–H and O–H groups in total. The normalized spacial score (nSPS) is 17.2. The van der Waals surface area contributed by atoms with Gasteiger partial charge in [0.2, 0.25) is 5.95 Å². The molecule has 1 aromatic heterocycles. The first-order valence-corrected chi connectivity index (χ1v) is 15.7. The smallest absolute Gasteiger partial charge is 0.324 e. The number of benzene rings is 2. The molecule has 9 heteroatoms. The molecular formula is C35H45F4N5. The topological polar surface area (TPSA) is 44.3 Å². The average molecular weight is 612 g/mol. The van der Waals surface area contributed by atoms with E-state index in [1.54, 1.807) is 6.20 Å². The van der Waals surface area contributed by atoms with Crippen molar-refractivity contribution in [3.8, 4) is 0 Å². The number of nitrogens with zero attached hydrogens (tertiary/aromatic N) is 4. The number of allylic oxidation sites excluding steroid dienone is 1. The van der Waals surface area contributed by atoms with Crippen molar-refractivity contribution < 1.29 is 17.6 Å². The van der Waals surface area contributed by atoms with Gasteiger partial charge in [-0.05, 0) is 61.2 Å². The summed E-state index contributed by atoms with van der Waals surface area (Å²) < 4.78 is 52.9. The van der Waals surface area contributed by atoms with Crippen molar-refractivity contribution in [1.82, 2.24) is 19.8 Å². The van der Waals surface area contributed by atoms with E-state index in [1.165, 1.54) is 37.7 Å². The molecule has 238 valence electrons. The monoisotopic (exact) mass is 611 g/mol. The minimum Gasteiger partial charge on any atom is -0.324 e. The quantitative estimate of drug-likeness (QED) is 0.271. The van der Waals surface area contributed by atoms with Crippen LogP contribution in [0.3, 0.4) is 0 Å². The summed E-state index contributed by atoms with van der Waals surface area (Å²) in [5.74, 6) is 0.141. The summed E-state index contributed by atoms with van der Waals surface area (Å²) in [6.07, 6.45) is 7.35. The van der Waals surface area contributed by atoms with E-state index in [0.717, 1.165) is 73.9 Å². The lowest BCUT2D eigenvalue weighted by atomic mass is 9.91. The largest absolute Gasteiger partial charge is 0.416 e. The zero-order chi connectivity index (χ0) is 31.7. The van der Waals surface area contributed by atoms with E-state index < -0.39 is 17.6 Å². The van der Waals surface area contributed by atoms with Gasteiger partial charge in [0.1, 0.15) is 5.82 Å². The molecule has 0 radical (unpaired) electrons. The first-order chi connectivity index (χ1) is 21.0. The lowest BCUT2D eigenvalue weighted by Gasteiger charge is -2.32. The number of anilines is 2. The van der Waals surface area contributed by atoms with Crippen LogP contribution in [0.1, 0.15) is 80.3 Å². The molecule has 1 saturated heterocycles. The van der Waals surface area contributed by atoms with Crippen molar-refractivity contribution in [3.63, 3.8) is 0 Å². The van der Waals surface area contributed by atoms with E-state index in [-0.39, 0.29) is 11.6 Å². The number of rotatable bonds is 7. The average Bonchev–Trinajstić information content (AvgIpc) is 2.98. The van der Waals surface area contributed by atoms with Gasteiger partial charge in [0, 0.05) is 50.2 Å². The number of aryl methyl sites for hydroxylation is 1. The Kier molecular flexibility index (Phi) is 11.9. The summed E-state index contributed by atoms with van der Waals surface area (Å²) in [5.41, 5.74) is 3.62. The van der Waals surface area contributed by atoms with Crippen LogP contribution in [-0.4, -0.2) is 53.0 Å². The summed E-state index contributed by atoms with van der Waals surface area (Å²) in [6, 6.07) is 10.8. The predicted octanol–water partition coefficient (Wildman–Crippen LogP) is 8.86. The van der Waals surface area contributed by atoms with Gasteiger partial charge in [-0.1, -0.05) is 76.3 Å². The first kappa shape index (κ1) is 33.6.